The van der Waals surface area contributed by atoms with Gasteiger partial charge in [-0.05, 0) is 32.0 Å². The van der Waals surface area contributed by atoms with E-state index in [0.717, 1.165) is 5.69 Å². The molecule has 0 unspecified atom stereocenters. The molecule has 0 spiro atoms. The maximum atomic E-state index is 13.1. The molecule has 0 aliphatic rings. The number of rotatable bonds is 4. The fraction of sp³-hybridized carbons (Fsp3) is 0.214. The number of nitrogens with zero attached hydrogens (tertiary/aromatic N) is 2. The van der Waals surface area contributed by atoms with Crippen LogP contribution in [0.2, 0.25) is 5.02 Å². The van der Waals surface area contributed by atoms with Crippen molar-refractivity contribution in [1.82, 2.24) is 9.97 Å². The second-order valence-electron chi connectivity index (χ2n) is 4.59. The molecule has 2 rings (SSSR count). The van der Waals surface area contributed by atoms with E-state index in [9.17, 15) is 9.18 Å². The van der Waals surface area contributed by atoms with Crippen LogP contribution in [0.25, 0.3) is 0 Å². The topological polar surface area (TPSA) is 80.9 Å². The molecule has 1 amide bonds. The number of carbonyl (C=O) groups excluding carboxylic acids is 1. The number of aromatic nitrogens is 2. The van der Waals surface area contributed by atoms with Crippen molar-refractivity contribution in [1.29, 1.82) is 0 Å². The number of halogens is 2. The minimum Gasteiger partial charge on any atom is -0.384 e. The summed E-state index contributed by atoms with van der Waals surface area (Å²) in [5.74, 6) is -0.449. The molecule has 1 atom stereocenters. The molecule has 0 aliphatic carbocycles. The predicted octanol–water partition coefficient (Wildman–Crippen LogP) is 3.28. The maximum Gasteiger partial charge on any atom is 0.237 e. The van der Waals surface area contributed by atoms with Gasteiger partial charge in [-0.15, -0.1) is 0 Å². The summed E-state index contributed by atoms with van der Waals surface area (Å²) in [5, 5.41) is 2.59. The molecule has 0 saturated heterocycles. The lowest BCUT2D eigenvalue weighted by Gasteiger charge is -2.12. The summed E-state index contributed by atoms with van der Waals surface area (Å²) < 4.78 is 13.1. The molecule has 8 heteroatoms. The van der Waals surface area contributed by atoms with Crippen LogP contribution in [0, 0.1) is 12.7 Å². The highest BCUT2D eigenvalue weighted by molar-refractivity contribution is 8.00. The molecule has 5 nitrogen and oxygen atoms in total. The van der Waals surface area contributed by atoms with Gasteiger partial charge in [-0.1, -0.05) is 23.4 Å². The summed E-state index contributed by atoms with van der Waals surface area (Å²) in [6.45, 7) is 3.51. The Hall–Kier alpha value is -1.86. The average molecular weight is 341 g/mol. The lowest BCUT2D eigenvalue weighted by atomic mass is 10.3. The van der Waals surface area contributed by atoms with E-state index in [0.29, 0.717) is 16.7 Å². The number of nitrogens with one attached hydrogen (secondary N) is 1. The van der Waals surface area contributed by atoms with Crippen molar-refractivity contribution in [2.45, 2.75) is 24.3 Å². The zero-order valence-corrected chi connectivity index (χ0v) is 13.5. The normalized spacial score (nSPS) is 12.0. The molecule has 1 aromatic heterocycles. The second-order valence-corrected chi connectivity index (χ2v) is 6.31. The summed E-state index contributed by atoms with van der Waals surface area (Å²) in [7, 11) is 0. The molecular weight excluding hydrogens is 327 g/mol. The first-order valence-corrected chi connectivity index (χ1v) is 7.64. The van der Waals surface area contributed by atoms with Gasteiger partial charge in [0.15, 0.2) is 5.16 Å². The SMILES string of the molecule is Cc1cc(N)nc(S[C@@H](C)C(=O)Nc2ccc(F)c(Cl)c2)n1. The van der Waals surface area contributed by atoms with Crippen LogP contribution in [0.1, 0.15) is 12.6 Å². The van der Waals surface area contributed by atoms with E-state index in [1.165, 1.54) is 30.0 Å². The van der Waals surface area contributed by atoms with E-state index < -0.39 is 11.1 Å². The molecule has 1 aromatic carbocycles. The summed E-state index contributed by atoms with van der Waals surface area (Å²) in [6, 6.07) is 5.64. The van der Waals surface area contributed by atoms with Crippen molar-refractivity contribution >= 4 is 40.8 Å². The zero-order chi connectivity index (χ0) is 16.3. The number of benzene rings is 1. The van der Waals surface area contributed by atoms with Crippen LogP contribution >= 0.6 is 23.4 Å². The summed E-state index contributed by atoms with van der Waals surface area (Å²) in [5.41, 5.74) is 6.80. The first-order chi connectivity index (χ1) is 10.3. The Kier molecular flexibility index (Phi) is 5.20. The van der Waals surface area contributed by atoms with Gasteiger partial charge in [0, 0.05) is 17.4 Å². The molecule has 3 N–H and O–H groups in total. The molecule has 0 aliphatic heterocycles. The number of hydrogen-bond acceptors (Lipinski definition) is 5. The van der Waals surface area contributed by atoms with Crippen LogP contribution in [0.15, 0.2) is 29.4 Å². The third-order valence-corrected chi connectivity index (χ3v) is 3.94. The quantitative estimate of drug-likeness (QED) is 0.659. The second kappa shape index (κ2) is 6.93. The predicted molar refractivity (Wildman–Crippen MR) is 86.5 cm³/mol. The van der Waals surface area contributed by atoms with Crippen LogP contribution in [0.4, 0.5) is 15.9 Å². The first kappa shape index (κ1) is 16.5. The van der Waals surface area contributed by atoms with E-state index >= 15 is 0 Å². The number of carbonyl (C=O) groups is 1. The van der Waals surface area contributed by atoms with Crippen LogP contribution in [0.3, 0.4) is 0 Å². The zero-order valence-electron chi connectivity index (χ0n) is 11.9. The molecule has 22 heavy (non-hydrogen) atoms. The van der Waals surface area contributed by atoms with Crippen molar-refractivity contribution in [3.05, 3.63) is 40.8 Å². The highest BCUT2D eigenvalue weighted by atomic mass is 35.5. The van der Waals surface area contributed by atoms with E-state index in [1.54, 1.807) is 19.9 Å². The number of thioether (sulfide) groups is 1. The van der Waals surface area contributed by atoms with Crippen LogP contribution < -0.4 is 11.1 Å². The monoisotopic (exact) mass is 340 g/mol. The van der Waals surface area contributed by atoms with Crippen molar-refractivity contribution in [2.75, 3.05) is 11.1 Å². The highest BCUT2D eigenvalue weighted by Crippen LogP contribution is 2.23. The van der Waals surface area contributed by atoms with Crippen molar-refractivity contribution in [3.63, 3.8) is 0 Å². The van der Waals surface area contributed by atoms with E-state index in [-0.39, 0.29) is 10.9 Å². The third-order valence-electron chi connectivity index (χ3n) is 2.69. The standard InChI is InChI=1S/C14H14ClFN4OS/c1-7-5-12(17)20-14(18-7)22-8(2)13(21)19-9-3-4-11(16)10(15)6-9/h3-6,8H,1-2H3,(H,19,21)(H2,17,18,20)/t8-/m0/s1. The van der Waals surface area contributed by atoms with E-state index in [4.69, 9.17) is 17.3 Å². The number of aryl methyl sites for hydroxylation is 1. The minimum atomic E-state index is -0.536. The van der Waals surface area contributed by atoms with Gasteiger partial charge >= 0.3 is 0 Å². The van der Waals surface area contributed by atoms with Gasteiger partial charge < -0.3 is 11.1 Å². The Bertz CT molecular complexity index is 693. The molecule has 1 heterocycles. The van der Waals surface area contributed by atoms with E-state index in [1.807, 2.05) is 0 Å². The van der Waals surface area contributed by atoms with Gasteiger partial charge in [-0.2, -0.15) is 0 Å². The molecule has 0 radical (unpaired) electrons. The van der Waals surface area contributed by atoms with Crippen LogP contribution in [0.5, 0.6) is 0 Å². The molecule has 2 aromatic rings. The molecule has 0 saturated carbocycles. The Morgan fingerprint density at radius 3 is 2.77 bits per heavy atom. The summed E-state index contributed by atoms with van der Waals surface area (Å²) in [4.78, 5) is 20.4. The van der Waals surface area contributed by atoms with Gasteiger partial charge in [-0.25, -0.2) is 14.4 Å². The number of anilines is 2. The fourth-order valence-corrected chi connectivity index (χ4v) is 2.66. The molecule has 0 fully saturated rings. The lowest BCUT2D eigenvalue weighted by molar-refractivity contribution is -0.115. The van der Waals surface area contributed by atoms with Crippen molar-refractivity contribution in [2.24, 2.45) is 0 Å². The highest BCUT2D eigenvalue weighted by Gasteiger charge is 2.17. The van der Waals surface area contributed by atoms with Crippen LogP contribution in [-0.2, 0) is 4.79 Å². The number of hydrogen-bond donors (Lipinski definition) is 2. The van der Waals surface area contributed by atoms with Gasteiger partial charge in [0.25, 0.3) is 0 Å². The minimum absolute atomic E-state index is 0.0482. The molecule has 0 bridgehead atoms. The van der Waals surface area contributed by atoms with Crippen molar-refractivity contribution < 1.29 is 9.18 Å². The lowest BCUT2D eigenvalue weighted by Crippen LogP contribution is -2.22. The van der Waals surface area contributed by atoms with Gasteiger partial charge in [0.1, 0.15) is 11.6 Å². The number of nitrogens with two attached hydrogens (primary N) is 1. The Morgan fingerprint density at radius 2 is 2.14 bits per heavy atom. The van der Waals surface area contributed by atoms with Crippen molar-refractivity contribution in [3.8, 4) is 0 Å². The van der Waals surface area contributed by atoms with Gasteiger partial charge in [0.05, 0.1) is 10.3 Å². The van der Waals surface area contributed by atoms with E-state index in [2.05, 4.69) is 15.3 Å². The first-order valence-electron chi connectivity index (χ1n) is 6.39. The molecule has 116 valence electrons. The smallest absolute Gasteiger partial charge is 0.237 e. The number of nitrogen functional groups attached to an aromatic ring is 1. The average Bonchev–Trinajstić information content (AvgIpc) is 2.41. The Morgan fingerprint density at radius 1 is 1.41 bits per heavy atom. The fourth-order valence-electron chi connectivity index (χ4n) is 1.65. The number of amides is 1. The Labute approximate surface area is 136 Å². The van der Waals surface area contributed by atoms with Crippen LogP contribution in [-0.4, -0.2) is 21.1 Å². The summed E-state index contributed by atoms with van der Waals surface area (Å²) in [6.07, 6.45) is 0. The largest absolute Gasteiger partial charge is 0.384 e. The summed E-state index contributed by atoms with van der Waals surface area (Å²) >= 11 is 6.86. The molecular formula is C14H14ClFN4OS. The Balaban J connectivity index is 2.04. The van der Waals surface area contributed by atoms with Gasteiger partial charge in [0.2, 0.25) is 5.91 Å². The third kappa shape index (κ3) is 4.32. The van der Waals surface area contributed by atoms with Gasteiger partial charge in [-0.3, -0.25) is 4.79 Å². The maximum absolute atomic E-state index is 13.1.